The van der Waals surface area contributed by atoms with Crippen LogP contribution in [0.15, 0.2) is 23.1 Å². The molecule has 1 aromatic carbocycles. The van der Waals surface area contributed by atoms with Gasteiger partial charge in [-0.3, -0.25) is 0 Å². The van der Waals surface area contributed by atoms with E-state index in [0.717, 1.165) is 12.1 Å². The third-order valence-corrected chi connectivity index (χ3v) is 3.71. The summed E-state index contributed by atoms with van der Waals surface area (Å²) in [5, 5.41) is 8.97. The van der Waals surface area contributed by atoms with Gasteiger partial charge in [-0.25, -0.2) is 17.5 Å². The molecule has 0 saturated carbocycles. The van der Waals surface area contributed by atoms with Crippen LogP contribution in [0.3, 0.4) is 0 Å². The first-order valence-corrected chi connectivity index (χ1v) is 6.56. The zero-order chi connectivity index (χ0) is 13.8. The molecule has 0 fully saturated rings. The van der Waals surface area contributed by atoms with Gasteiger partial charge in [0, 0.05) is 7.11 Å². The number of hydrogen-bond acceptors (Lipinski definition) is 5. The van der Waals surface area contributed by atoms with Crippen LogP contribution in [0.1, 0.15) is 0 Å². The Morgan fingerprint density at radius 1 is 1.56 bits per heavy atom. The minimum atomic E-state index is -3.92. The normalized spacial score (nSPS) is 13.5. The van der Waals surface area contributed by atoms with Crippen LogP contribution in [0.4, 0.5) is 10.1 Å². The van der Waals surface area contributed by atoms with Gasteiger partial charge in [0.2, 0.25) is 10.0 Å². The van der Waals surface area contributed by atoms with Crippen molar-refractivity contribution in [3.05, 3.63) is 24.0 Å². The lowest BCUT2D eigenvalue weighted by Crippen LogP contribution is -2.40. The number of nitrogens with two attached hydrogens (primary N) is 1. The highest BCUT2D eigenvalue weighted by atomic mass is 32.2. The molecule has 102 valence electrons. The molecule has 0 aromatic heterocycles. The molecule has 0 saturated heterocycles. The summed E-state index contributed by atoms with van der Waals surface area (Å²) < 4.78 is 43.8. The number of ether oxygens (including phenoxy) is 1. The minimum absolute atomic E-state index is 0.00713. The topological polar surface area (TPSA) is 102 Å². The maximum absolute atomic E-state index is 13.2. The second kappa shape index (κ2) is 6.10. The number of sulfonamides is 1. The molecule has 6 nitrogen and oxygen atoms in total. The van der Waals surface area contributed by atoms with Crippen molar-refractivity contribution in [1.82, 2.24) is 4.72 Å². The first-order valence-electron chi connectivity index (χ1n) is 5.08. The fourth-order valence-electron chi connectivity index (χ4n) is 1.29. The van der Waals surface area contributed by atoms with Crippen molar-refractivity contribution in [3.63, 3.8) is 0 Å². The molecule has 0 amide bonds. The number of benzene rings is 1. The van der Waals surface area contributed by atoms with E-state index >= 15 is 0 Å². The molecule has 0 heterocycles. The van der Waals surface area contributed by atoms with Gasteiger partial charge in [0.15, 0.2) is 0 Å². The predicted octanol–water partition coefficient (Wildman–Crippen LogP) is -0.306. The van der Waals surface area contributed by atoms with E-state index in [2.05, 4.69) is 4.72 Å². The summed E-state index contributed by atoms with van der Waals surface area (Å²) in [4.78, 5) is -0.260. The van der Waals surface area contributed by atoms with Gasteiger partial charge in [-0.05, 0) is 18.2 Å². The summed E-state index contributed by atoms with van der Waals surface area (Å²) in [6, 6.07) is 2.37. The Morgan fingerprint density at radius 2 is 2.22 bits per heavy atom. The van der Waals surface area contributed by atoms with Crippen molar-refractivity contribution >= 4 is 15.7 Å². The molecule has 1 aromatic rings. The first kappa shape index (κ1) is 14.8. The Balaban J connectivity index is 2.95. The molecule has 0 bridgehead atoms. The summed E-state index contributed by atoms with van der Waals surface area (Å²) >= 11 is 0. The standard InChI is InChI=1S/C10H15FN2O4S/c1-17-6-7(5-14)13-18(15,16)8-2-3-10(12)9(11)4-8/h2-4,7,13-14H,5-6,12H2,1H3. The quantitative estimate of drug-likeness (QED) is 0.620. The van der Waals surface area contributed by atoms with E-state index in [1.54, 1.807) is 0 Å². The number of nitrogen functional groups attached to an aromatic ring is 1. The van der Waals surface area contributed by atoms with Crippen molar-refractivity contribution < 1.29 is 22.7 Å². The molecule has 0 aliphatic rings. The number of rotatable bonds is 6. The molecule has 4 N–H and O–H groups in total. The van der Waals surface area contributed by atoms with Gasteiger partial charge in [0.25, 0.3) is 0 Å². The van der Waals surface area contributed by atoms with Crippen molar-refractivity contribution in [1.29, 1.82) is 0 Å². The third-order valence-electron chi connectivity index (χ3n) is 2.19. The van der Waals surface area contributed by atoms with Crippen LogP contribution in [0.5, 0.6) is 0 Å². The summed E-state index contributed by atoms with van der Waals surface area (Å²) in [5.41, 5.74) is 5.12. The van der Waals surface area contributed by atoms with Gasteiger partial charge in [0.1, 0.15) is 5.82 Å². The van der Waals surface area contributed by atoms with Crippen molar-refractivity contribution in [3.8, 4) is 0 Å². The number of anilines is 1. The summed E-state index contributed by atoms with van der Waals surface area (Å²) in [7, 11) is -2.54. The molecule has 0 aliphatic carbocycles. The molecule has 0 spiro atoms. The highest BCUT2D eigenvalue weighted by Crippen LogP contribution is 2.16. The van der Waals surface area contributed by atoms with Crippen LogP contribution in [0, 0.1) is 5.82 Å². The highest BCUT2D eigenvalue weighted by molar-refractivity contribution is 7.89. The lowest BCUT2D eigenvalue weighted by atomic mass is 10.3. The van der Waals surface area contributed by atoms with E-state index in [1.165, 1.54) is 13.2 Å². The van der Waals surface area contributed by atoms with Gasteiger partial charge < -0.3 is 15.6 Å². The van der Waals surface area contributed by atoms with Crippen LogP contribution in [-0.2, 0) is 14.8 Å². The average Bonchev–Trinajstić information content (AvgIpc) is 2.31. The van der Waals surface area contributed by atoms with E-state index in [4.69, 9.17) is 15.6 Å². The summed E-state index contributed by atoms with van der Waals surface area (Å²) in [6.07, 6.45) is 0. The number of aliphatic hydroxyl groups is 1. The zero-order valence-corrected chi connectivity index (χ0v) is 10.6. The van der Waals surface area contributed by atoms with E-state index in [-0.39, 0.29) is 17.2 Å². The zero-order valence-electron chi connectivity index (χ0n) is 9.76. The van der Waals surface area contributed by atoms with Gasteiger partial charge in [0.05, 0.1) is 29.8 Å². The van der Waals surface area contributed by atoms with Crippen molar-refractivity contribution in [2.75, 3.05) is 26.1 Å². The van der Waals surface area contributed by atoms with Crippen molar-refractivity contribution in [2.24, 2.45) is 0 Å². The first-order chi connectivity index (χ1) is 8.40. The van der Waals surface area contributed by atoms with Gasteiger partial charge >= 0.3 is 0 Å². The maximum atomic E-state index is 13.2. The van der Waals surface area contributed by atoms with E-state index in [9.17, 15) is 12.8 Å². The number of nitrogens with one attached hydrogen (secondary N) is 1. The number of halogens is 1. The Kier molecular flexibility index (Phi) is 5.03. The Bertz CT molecular complexity index is 507. The van der Waals surface area contributed by atoms with E-state index in [1.807, 2.05) is 0 Å². The predicted molar refractivity (Wildman–Crippen MR) is 63.9 cm³/mol. The minimum Gasteiger partial charge on any atom is -0.396 e. The van der Waals surface area contributed by atoms with Crippen LogP contribution in [0.25, 0.3) is 0 Å². The van der Waals surface area contributed by atoms with Gasteiger partial charge in [-0.2, -0.15) is 0 Å². The maximum Gasteiger partial charge on any atom is 0.241 e. The monoisotopic (exact) mass is 278 g/mol. The average molecular weight is 278 g/mol. The Hall–Kier alpha value is -1.22. The summed E-state index contributed by atoms with van der Waals surface area (Å²) in [5.74, 6) is -0.815. The molecule has 18 heavy (non-hydrogen) atoms. The van der Waals surface area contributed by atoms with E-state index in [0.29, 0.717) is 0 Å². The molecular weight excluding hydrogens is 263 g/mol. The molecule has 8 heteroatoms. The molecule has 1 atom stereocenters. The summed E-state index contributed by atoms with van der Waals surface area (Å²) in [6.45, 7) is -0.419. The fourth-order valence-corrected chi connectivity index (χ4v) is 2.51. The molecule has 0 radical (unpaired) electrons. The van der Waals surface area contributed by atoms with Crippen molar-refractivity contribution in [2.45, 2.75) is 10.9 Å². The number of hydrogen-bond donors (Lipinski definition) is 3. The van der Waals surface area contributed by atoms with Crippen LogP contribution >= 0.6 is 0 Å². The van der Waals surface area contributed by atoms with Crippen LogP contribution in [0.2, 0.25) is 0 Å². The molecule has 0 aliphatic heterocycles. The molecule has 1 unspecified atom stereocenters. The second-order valence-electron chi connectivity index (χ2n) is 3.64. The second-order valence-corrected chi connectivity index (χ2v) is 5.35. The molecular formula is C10H15FN2O4S. The highest BCUT2D eigenvalue weighted by Gasteiger charge is 2.20. The third kappa shape index (κ3) is 3.64. The number of aliphatic hydroxyl groups excluding tert-OH is 1. The lowest BCUT2D eigenvalue weighted by Gasteiger charge is -2.15. The fraction of sp³-hybridized carbons (Fsp3) is 0.400. The number of methoxy groups -OCH3 is 1. The lowest BCUT2D eigenvalue weighted by molar-refractivity contribution is 0.139. The Morgan fingerprint density at radius 3 is 2.72 bits per heavy atom. The van der Waals surface area contributed by atoms with Crippen LogP contribution in [-0.4, -0.2) is 39.9 Å². The SMILES string of the molecule is COCC(CO)NS(=O)(=O)c1ccc(N)c(F)c1. The van der Waals surface area contributed by atoms with Gasteiger partial charge in [-0.1, -0.05) is 0 Å². The Labute approximate surface area is 105 Å². The molecule has 1 rings (SSSR count). The van der Waals surface area contributed by atoms with E-state index < -0.39 is 28.5 Å². The van der Waals surface area contributed by atoms with Gasteiger partial charge in [-0.15, -0.1) is 0 Å². The smallest absolute Gasteiger partial charge is 0.241 e. The van der Waals surface area contributed by atoms with Crippen LogP contribution < -0.4 is 10.5 Å². The largest absolute Gasteiger partial charge is 0.396 e.